The molecule has 8 nitrogen and oxygen atoms in total. The molecular formula is C28H40N4O4. The van der Waals surface area contributed by atoms with Crippen LogP contribution >= 0.6 is 0 Å². The number of nitrogens with one attached hydrogen (secondary N) is 4. The number of aliphatic hydroxyl groups is 2. The second-order valence-corrected chi connectivity index (χ2v) is 9.45. The highest BCUT2D eigenvalue weighted by Crippen LogP contribution is 2.25. The molecule has 0 amide bonds. The molecule has 2 heterocycles. The van der Waals surface area contributed by atoms with Crippen LogP contribution in [-0.4, -0.2) is 70.8 Å². The lowest BCUT2D eigenvalue weighted by Gasteiger charge is -2.15. The van der Waals surface area contributed by atoms with Crippen molar-refractivity contribution in [2.75, 3.05) is 26.3 Å². The van der Waals surface area contributed by atoms with Gasteiger partial charge in [-0.1, -0.05) is 39.8 Å². The van der Waals surface area contributed by atoms with E-state index in [1.165, 1.54) is 0 Å². The third-order valence-corrected chi connectivity index (χ3v) is 5.50. The maximum Gasteiger partial charge on any atom is 0.128 e. The molecular weight excluding hydrogens is 456 g/mol. The van der Waals surface area contributed by atoms with Gasteiger partial charge in [-0.15, -0.1) is 0 Å². The summed E-state index contributed by atoms with van der Waals surface area (Å²) < 4.78 is 11.3. The first kappa shape index (κ1) is 27.5. The summed E-state index contributed by atoms with van der Waals surface area (Å²) in [7, 11) is 0. The second-order valence-electron chi connectivity index (χ2n) is 9.45. The van der Waals surface area contributed by atoms with Crippen molar-refractivity contribution in [1.82, 2.24) is 20.6 Å². The SMILES string of the molecule is CC(C)NCC(O)COc1cccc2[nH]ccc12.CC(C)NC[C@@H](O)COc1cccc2[nH]ccc12. The third kappa shape index (κ3) is 8.57. The third-order valence-electron chi connectivity index (χ3n) is 5.50. The lowest BCUT2D eigenvalue weighted by Crippen LogP contribution is -2.35. The van der Waals surface area contributed by atoms with E-state index in [0.29, 0.717) is 38.4 Å². The molecule has 8 heteroatoms. The highest BCUT2D eigenvalue weighted by Gasteiger charge is 2.09. The lowest BCUT2D eigenvalue weighted by molar-refractivity contribution is 0.105. The summed E-state index contributed by atoms with van der Waals surface area (Å²) in [5, 5.41) is 28.0. The Labute approximate surface area is 213 Å². The van der Waals surface area contributed by atoms with E-state index < -0.39 is 12.2 Å². The highest BCUT2D eigenvalue weighted by molar-refractivity contribution is 5.86. The number of H-pyrrole nitrogens is 2. The molecule has 2 atom stereocenters. The lowest BCUT2D eigenvalue weighted by atomic mass is 10.2. The molecule has 0 bridgehead atoms. The first-order chi connectivity index (χ1) is 17.3. The van der Waals surface area contributed by atoms with Gasteiger partial charge in [0, 0.05) is 59.4 Å². The molecule has 1 unspecified atom stereocenters. The molecule has 0 aliphatic carbocycles. The largest absolute Gasteiger partial charge is 0.490 e. The fourth-order valence-electron chi connectivity index (χ4n) is 3.60. The molecule has 2 aromatic carbocycles. The summed E-state index contributed by atoms with van der Waals surface area (Å²) in [4.78, 5) is 6.27. The van der Waals surface area contributed by atoms with Gasteiger partial charge in [0.15, 0.2) is 0 Å². The molecule has 4 aromatic rings. The van der Waals surface area contributed by atoms with Crippen LogP contribution in [0.4, 0.5) is 0 Å². The molecule has 0 aliphatic rings. The highest BCUT2D eigenvalue weighted by atomic mass is 16.5. The number of ether oxygens (including phenoxy) is 2. The first-order valence-electron chi connectivity index (χ1n) is 12.5. The quantitative estimate of drug-likeness (QED) is 0.178. The van der Waals surface area contributed by atoms with Gasteiger partial charge in [-0.25, -0.2) is 0 Å². The normalized spacial score (nSPS) is 13.1. The van der Waals surface area contributed by atoms with E-state index >= 15 is 0 Å². The number of aromatic amines is 2. The minimum absolute atomic E-state index is 0.296. The van der Waals surface area contributed by atoms with E-state index in [1.807, 2.05) is 88.6 Å². The molecule has 0 saturated carbocycles. The molecule has 0 radical (unpaired) electrons. The average molecular weight is 497 g/mol. The molecule has 196 valence electrons. The summed E-state index contributed by atoms with van der Waals surface area (Å²) in [6.45, 7) is 9.88. The number of benzene rings is 2. The standard InChI is InChI=1S/2C14H20N2O2/c2*1-10(2)16-8-11(17)9-18-14-5-3-4-13-12(14)6-7-15-13/h2*3-7,10-11,15-17H,8-9H2,1-2H3/t11-;/m1./s1. The van der Waals surface area contributed by atoms with Crippen LogP contribution < -0.4 is 20.1 Å². The van der Waals surface area contributed by atoms with E-state index in [2.05, 4.69) is 20.6 Å². The van der Waals surface area contributed by atoms with Crippen LogP contribution in [0.5, 0.6) is 11.5 Å². The maximum atomic E-state index is 9.79. The minimum Gasteiger partial charge on any atom is -0.490 e. The van der Waals surface area contributed by atoms with Crippen LogP contribution in [0.15, 0.2) is 60.9 Å². The predicted molar refractivity (Wildman–Crippen MR) is 146 cm³/mol. The van der Waals surface area contributed by atoms with Crippen molar-refractivity contribution in [3.63, 3.8) is 0 Å². The van der Waals surface area contributed by atoms with Crippen molar-refractivity contribution in [3.05, 3.63) is 60.9 Å². The van der Waals surface area contributed by atoms with Gasteiger partial charge in [0.1, 0.15) is 36.9 Å². The number of aliphatic hydroxyl groups excluding tert-OH is 2. The molecule has 36 heavy (non-hydrogen) atoms. The Morgan fingerprint density at radius 1 is 0.667 bits per heavy atom. The number of aromatic nitrogens is 2. The second kappa shape index (κ2) is 13.9. The van der Waals surface area contributed by atoms with Gasteiger partial charge in [-0.05, 0) is 36.4 Å². The van der Waals surface area contributed by atoms with Gasteiger partial charge in [0.25, 0.3) is 0 Å². The molecule has 4 rings (SSSR count). The van der Waals surface area contributed by atoms with Crippen LogP contribution in [-0.2, 0) is 0 Å². The Bertz CT molecular complexity index is 1080. The van der Waals surface area contributed by atoms with Crippen LogP contribution in [0.3, 0.4) is 0 Å². The molecule has 2 aromatic heterocycles. The number of rotatable bonds is 12. The van der Waals surface area contributed by atoms with E-state index in [1.54, 1.807) is 0 Å². The maximum absolute atomic E-state index is 9.79. The van der Waals surface area contributed by atoms with Crippen LogP contribution in [0.2, 0.25) is 0 Å². The molecule has 0 spiro atoms. The van der Waals surface area contributed by atoms with E-state index in [4.69, 9.17) is 9.47 Å². The van der Waals surface area contributed by atoms with Crippen LogP contribution in [0.25, 0.3) is 21.8 Å². The molecule has 6 N–H and O–H groups in total. The number of hydrogen-bond acceptors (Lipinski definition) is 6. The Morgan fingerprint density at radius 2 is 1.08 bits per heavy atom. The van der Waals surface area contributed by atoms with Crippen molar-refractivity contribution in [3.8, 4) is 11.5 Å². The zero-order valence-corrected chi connectivity index (χ0v) is 21.6. The topological polar surface area (TPSA) is 115 Å². The summed E-state index contributed by atoms with van der Waals surface area (Å²) in [5.41, 5.74) is 2.09. The van der Waals surface area contributed by atoms with E-state index in [-0.39, 0.29) is 0 Å². The fourth-order valence-corrected chi connectivity index (χ4v) is 3.60. The van der Waals surface area contributed by atoms with Crippen LogP contribution in [0, 0.1) is 0 Å². The minimum atomic E-state index is -0.499. The zero-order valence-electron chi connectivity index (χ0n) is 21.6. The summed E-state index contributed by atoms with van der Waals surface area (Å²) in [5.74, 6) is 1.61. The summed E-state index contributed by atoms with van der Waals surface area (Å²) >= 11 is 0. The van der Waals surface area contributed by atoms with Crippen molar-refractivity contribution in [2.45, 2.75) is 52.0 Å². The number of hydrogen-bond donors (Lipinski definition) is 6. The summed E-state index contributed by atoms with van der Waals surface area (Å²) in [6, 6.07) is 16.4. The van der Waals surface area contributed by atoms with Crippen molar-refractivity contribution >= 4 is 21.8 Å². The van der Waals surface area contributed by atoms with Crippen LogP contribution in [0.1, 0.15) is 27.7 Å². The van der Waals surface area contributed by atoms with Gasteiger partial charge in [-0.3, -0.25) is 0 Å². The van der Waals surface area contributed by atoms with E-state index in [0.717, 1.165) is 33.3 Å². The van der Waals surface area contributed by atoms with Gasteiger partial charge in [-0.2, -0.15) is 0 Å². The van der Waals surface area contributed by atoms with Gasteiger partial charge < -0.3 is 40.3 Å². The Balaban J connectivity index is 0.000000201. The Morgan fingerprint density at radius 3 is 1.47 bits per heavy atom. The first-order valence-corrected chi connectivity index (χ1v) is 12.5. The van der Waals surface area contributed by atoms with Crippen molar-refractivity contribution in [1.29, 1.82) is 0 Å². The van der Waals surface area contributed by atoms with Crippen molar-refractivity contribution < 1.29 is 19.7 Å². The van der Waals surface area contributed by atoms with Crippen molar-refractivity contribution in [2.24, 2.45) is 0 Å². The predicted octanol–water partition coefficient (Wildman–Crippen LogP) is 3.81. The molecule has 0 saturated heterocycles. The van der Waals surface area contributed by atoms with Gasteiger partial charge in [0.05, 0.1) is 0 Å². The van der Waals surface area contributed by atoms with E-state index in [9.17, 15) is 10.2 Å². The average Bonchev–Trinajstić information content (AvgIpc) is 3.54. The monoisotopic (exact) mass is 496 g/mol. The Hall–Kier alpha value is -3.04. The smallest absolute Gasteiger partial charge is 0.128 e. The number of fused-ring (bicyclic) bond motifs is 2. The zero-order chi connectivity index (χ0) is 25.9. The Kier molecular flexibility index (Phi) is 10.6. The molecule has 0 aliphatic heterocycles. The molecule has 0 fully saturated rings. The summed E-state index contributed by atoms with van der Waals surface area (Å²) in [6.07, 6.45) is 2.77. The fraction of sp³-hybridized carbons (Fsp3) is 0.429. The van der Waals surface area contributed by atoms with Gasteiger partial charge >= 0.3 is 0 Å². The van der Waals surface area contributed by atoms with Gasteiger partial charge in [0.2, 0.25) is 0 Å².